The second-order valence-electron chi connectivity index (χ2n) is 6.87. The molecule has 0 N–H and O–H groups in total. The van der Waals surface area contributed by atoms with Crippen LogP contribution in [0.25, 0.3) is 0 Å². The predicted octanol–water partition coefficient (Wildman–Crippen LogP) is 5.56. The Labute approximate surface area is 157 Å². The smallest absolute Gasteiger partial charge is 0.162 e. The molecule has 132 valence electrons. The molecule has 2 unspecified atom stereocenters. The Hall–Kier alpha value is -1.80. The molecule has 2 aromatic rings. The van der Waals surface area contributed by atoms with Gasteiger partial charge in [-0.3, -0.25) is 4.79 Å². The molecule has 0 aromatic heterocycles. The lowest BCUT2D eigenvalue weighted by molar-refractivity contribution is -0.118. The molecule has 0 aliphatic heterocycles. The molecule has 2 rings (SSSR count). The van der Waals surface area contributed by atoms with Crippen LogP contribution < -0.4 is 0 Å². The van der Waals surface area contributed by atoms with Gasteiger partial charge in [0.15, 0.2) is 5.78 Å². The van der Waals surface area contributed by atoms with Crippen molar-refractivity contribution >= 4 is 18.4 Å². The first kappa shape index (κ1) is 19.5. The van der Waals surface area contributed by atoms with Crippen LogP contribution in [-0.2, 0) is 17.6 Å². The zero-order valence-electron chi connectivity index (χ0n) is 15.4. The van der Waals surface area contributed by atoms with Gasteiger partial charge >= 0.3 is 0 Å². The van der Waals surface area contributed by atoms with E-state index in [1.54, 1.807) is 0 Å². The van der Waals surface area contributed by atoms with Gasteiger partial charge in [0.25, 0.3) is 0 Å². The molecular weight excluding hydrogens is 324 g/mol. The number of carbonyl (C=O) groups is 1. The van der Waals surface area contributed by atoms with E-state index in [-0.39, 0.29) is 11.7 Å². The van der Waals surface area contributed by atoms with Crippen molar-refractivity contribution in [2.75, 3.05) is 5.75 Å². The molecule has 0 fully saturated rings. The first-order valence-corrected chi connectivity index (χ1v) is 9.58. The molecule has 0 aliphatic carbocycles. The van der Waals surface area contributed by atoms with Crippen LogP contribution in [0.1, 0.15) is 31.9 Å². The molecule has 0 aliphatic rings. The second kappa shape index (κ2) is 9.62. The Balaban J connectivity index is 2.11. The molecule has 1 nitrogen and oxygen atoms in total. The topological polar surface area (TPSA) is 17.1 Å². The first-order chi connectivity index (χ1) is 12.0. The van der Waals surface area contributed by atoms with Gasteiger partial charge in [0, 0.05) is 17.2 Å². The number of rotatable bonds is 8. The van der Waals surface area contributed by atoms with Crippen molar-refractivity contribution in [1.29, 1.82) is 0 Å². The Morgan fingerprint density at radius 2 is 1.28 bits per heavy atom. The van der Waals surface area contributed by atoms with Crippen LogP contribution in [0.2, 0.25) is 0 Å². The van der Waals surface area contributed by atoms with Crippen molar-refractivity contribution < 1.29 is 4.79 Å². The quantitative estimate of drug-likeness (QED) is 0.486. The fourth-order valence-corrected chi connectivity index (χ4v) is 3.58. The number of hydrogen-bond donors (Lipinski definition) is 1. The van der Waals surface area contributed by atoms with Gasteiger partial charge < -0.3 is 0 Å². The van der Waals surface area contributed by atoms with Crippen LogP contribution in [0.5, 0.6) is 0 Å². The van der Waals surface area contributed by atoms with E-state index in [1.807, 2.05) is 31.2 Å². The minimum Gasteiger partial charge on any atom is -0.294 e. The van der Waals surface area contributed by atoms with Gasteiger partial charge in [-0.25, -0.2) is 0 Å². The highest BCUT2D eigenvalue weighted by Crippen LogP contribution is 2.24. The third kappa shape index (κ3) is 5.61. The van der Waals surface area contributed by atoms with E-state index in [9.17, 15) is 4.79 Å². The summed E-state index contributed by atoms with van der Waals surface area (Å²) < 4.78 is 0. The highest BCUT2D eigenvalue weighted by molar-refractivity contribution is 7.80. The second-order valence-corrected chi connectivity index (χ2v) is 7.18. The molecule has 0 spiro atoms. The predicted molar refractivity (Wildman–Crippen MR) is 110 cm³/mol. The van der Waals surface area contributed by atoms with Gasteiger partial charge in [0.1, 0.15) is 0 Å². The average Bonchev–Trinajstić information content (AvgIpc) is 2.63. The summed E-state index contributed by atoms with van der Waals surface area (Å²) >= 11 is 4.46. The number of benzene rings is 2. The summed E-state index contributed by atoms with van der Waals surface area (Å²) in [5.41, 5.74) is 4.56. The third-order valence-corrected chi connectivity index (χ3v) is 5.20. The maximum absolute atomic E-state index is 13.0. The number of carbonyl (C=O) groups excluding carboxylic acids is 1. The van der Waals surface area contributed by atoms with Crippen molar-refractivity contribution in [3.63, 3.8) is 0 Å². The van der Waals surface area contributed by atoms with Gasteiger partial charge in [-0.2, -0.15) is 12.6 Å². The van der Waals surface area contributed by atoms with Gasteiger partial charge in [-0.1, -0.05) is 80.1 Å². The largest absolute Gasteiger partial charge is 0.294 e. The summed E-state index contributed by atoms with van der Waals surface area (Å²) in [5.74, 6) is 1.04. The summed E-state index contributed by atoms with van der Waals surface area (Å²) in [4.78, 5) is 13.0. The Bertz CT molecular complexity index is 703. The summed E-state index contributed by atoms with van der Waals surface area (Å²) in [6.07, 6.45) is 1.72. The van der Waals surface area contributed by atoms with Crippen LogP contribution in [0, 0.1) is 11.8 Å². The molecule has 0 heterocycles. The molecule has 2 aromatic carbocycles. The normalized spacial score (nSPS) is 14.6. The maximum atomic E-state index is 13.0. The lowest BCUT2D eigenvalue weighted by Crippen LogP contribution is -2.20. The fraction of sp³-hybridized carbons (Fsp3) is 0.348. The standard InChI is InChI=1S/C23H28OS/c1-17(14-20-10-6-4-7-11-20)19(3)22(16-25)23(24)18(2)15-21-12-8-5-9-13-21/h4-13,17-18,25H,14-16H2,1-3H3/b22-19+. The van der Waals surface area contributed by atoms with Gasteiger partial charge in [-0.15, -0.1) is 0 Å². The highest BCUT2D eigenvalue weighted by atomic mass is 32.1. The molecule has 25 heavy (non-hydrogen) atoms. The lowest BCUT2D eigenvalue weighted by Gasteiger charge is -2.19. The molecule has 0 saturated heterocycles. The van der Waals surface area contributed by atoms with Gasteiger partial charge in [0.05, 0.1) is 0 Å². The highest BCUT2D eigenvalue weighted by Gasteiger charge is 2.21. The van der Waals surface area contributed by atoms with E-state index >= 15 is 0 Å². The van der Waals surface area contributed by atoms with E-state index in [0.717, 1.165) is 18.4 Å². The van der Waals surface area contributed by atoms with Crippen molar-refractivity contribution in [3.8, 4) is 0 Å². The molecular formula is C23H28OS. The molecule has 0 radical (unpaired) electrons. The third-order valence-electron chi connectivity index (χ3n) is 4.89. The van der Waals surface area contributed by atoms with Crippen molar-refractivity contribution in [3.05, 3.63) is 82.9 Å². The van der Waals surface area contributed by atoms with Crippen LogP contribution in [0.4, 0.5) is 0 Å². The van der Waals surface area contributed by atoms with E-state index in [1.165, 1.54) is 16.7 Å². The molecule has 0 saturated carbocycles. The summed E-state index contributed by atoms with van der Waals surface area (Å²) in [6.45, 7) is 6.31. The number of allylic oxidation sites excluding steroid dienone is 1. The first-order valence-electron chi connectivity index (χ1n) is 8.95. The van der Waals surface area contributed by atoms with Crippen molar-refractivity contribution in [1.82, 2.24) is 0 Å². The lowest BCUT2D eigenvalue weighted by atomic mass is 9.86. The summed E-state index contributed by atoms with van der Waals surface area (Å²) in [6, 6.07) is 20.7. The molecule has 0 amide bonds. The van der Waals surface area contributed by atoms with Crippen LogP contribution >= 0.6 is 12.6 Å². The van der Waals surface area contributed by atoms with Crippen LogP contribution in [-0.4, -0.2) is 11.5 Å². The van der Waals surface area contributed by atoms with E-state index in [4.69, 9.17) is 0 Å². The monoisotopic (exact) mass is 352 g/mol. The SMILES string of the molecule is C/C(=C(/CS)C(=O)C(C)Cc1ccccc1)C(C)Cc1ccccc1. The maximum Gasteiger partial charge on any atom is 0.162 e. The molecule has 2 heteroatoms. The number of thiol groups is 1. The van der Waals surface area contributed by atoms with Gasteiger partial charge in [-0.05, 0) is 36.8 Å². The Morgan fingerprint density at radius 3 is 1.72 bits per heavy atom. The number of hydrogen-bond acceptors (Lipinski definition) is 2. The van der Waals surface area contributed by atoms with E-state index in [2.05, 4.69) is 62.9 Å². The number of Topliss-reactive ketones (excluding diaryl/α,β-unsaturated/α-hetero) is 1. The van der Waals surface area contributed by atoms with Crippen molar-refractivity contribution in [2.24, 2.45) is 11.8 Å². The van der Waals surface area contributed by atoms with E-state index < -0.39 is 0 Å². The summed E-state index contributed by atoms with van der Waals surface area (Å²) in [7, 11) is 0. The summed E-state index contributed by atoms with van der Waals surface area (Å²) in [5, 5.41) is 0. The zero-order valence-corrected chi connectivity index (χ0v) is 16.3. The minimum atomic E-state index is -0.0246. The zero-order chi connectivity index (χ0) is 18.2. The Kier molecular flexibility index (Phi) is 7.52. The average molecular weight is 353 g/mol. The van der Waals surface area contributed by atoms with E-state index in [0.29, 0.717) is 11.7 Å². The van der Waals surface area contributed by atoms with Crippen LogP contribution in [0.15, 0.2) is 71.8 Å². The fourth-order valence-electron chi connectivity index (χ4n) is 3.17. The van der Waals surface area contributed by atoms with Gasteiger partial charge in [0.2, 0.25) is 0 Å². The molecule has 2 atom stereocenters. The Morgan fingerprint density at radius 1 is 0.840 bits per heavy atom. The van der Waals surface area contributed by atoms with Crippen LogP contribution in [0.3, 0.4) is 0 Å². The minimum absolute atomic E-state index is 0.0246. The number of ketones is 1. The van der Waals surface area contributed by atoms with Crippen molar-refractivity contribution in [2.45, 2.75) is 33.6 Å². The molecule has 0 bridgehead atoms.